The zero-order valence-electron chi connectivity index (χ0n) is 15.6. The molecule has 5 heteroatoms. The molecule has 0 radical (unpaired) electrons. The third-order valence-corrected chi connectivity index (χ3v) is 4.72. The van der Waals surface area contributed by atoms with Gasteiger partial charge in [-0.15, -0.1) is 0 Å². The largest absolute Gasteiger partial charge is 0.545 e. The molecule has 0 atom stereocenters. The number of carboxylic acid groups (broad SMARTS) is 2. The minimum absolute atomic E-state index is 0.0586. The lowest BCUT2D eigenvalue weighted by Gasteiger charge is -2.35. The van der Waals surface area contributed by atoms with Crippen molar-refractivity contribution >= 4 is 11.9 Å². The molecule has 0 bridgehead atoms. The average Bonchev–Trinajstić information content (AvgIpc) is 2.67. The number of hydrogen-bond donors (Lipinski definition) is 1. The average molecular weight is 357 g/mol. The molecule has 0 saturated carbocycles. The maximum absolute atomic E-state index is 10.4. The Hall–Kier alpha value is -2.66. The third-order valence-electron chi connectivity index (χ3n) is 4.72. The summed E-state index contributed by atoms with van der Waals surface area (Å²) in [6.45, 7) is 11.7. The van der Waals surface area contributed by atoms with Crippen LogP contribution in [0.5, 0.6) is 0 Å². The molecule has 0 fully saturated rings. The van der Waals surface area contributed by atoms with E-state index in [0.29, 0.717) is 0 Å². The number of benzene rings is 2. The second kappa shape index (κ2) is 10.4. The zero-order valence-corrected chi connectivity index (χ0v) is 15.6. The fourth-order valence-corrected chi connectivity index (χ4v) is 2.76. The zero-order chi connectivity index (χ0) is 19.6. The smallest absolute Gasteiger partial charge is 0.335 e. The molecule has 0 heterocycles. The minimum atomic E-state index is -1.38. The first-order chi connectivity index (χ1) is 12.4. The fourth-order valence-electron chi connectivity index (χ4n) is 2.76. The first-order valence-electron chi connectivity index (χ1n) is 8.81. The third kappa shape index (κ3) is 6.33. The maximum Gasteiger partial charge on any atom is 0.335 e. The van der Waals surface area contributed by atoms with Crippen molar-refractivity contribution in [2.75, 3.05) is 19.6 Å². The van der Waals surface area contributed by atoms with Crippen LogP contribution < -0.4 is 5.11 Å². The SMILES string of the molecule is CC[N+](CC)(CC)Cc1ccccc1.O=C([O-])c1cccc(C(=O)O)c1. The molecule has 2 rings (SSSR count). The van der Waals surface area contributed by atoms with Gasteiger partial charge in [-0.2, -0.15) is 0 Å². The number of carboxylic acids is 2. The molecule has 0 spiro atoms. The van der Waals surface area contributed by atoms with Crippen LogP contribution in [-0.2, 0) is 6.54 Å². The summed E-state index contributed by atoms with van der Waals surface area (Å²) >= 11 is 0. The molecule has 0 aliphatic heterocycles. The highest BCUT2D eigenvalue weighted by Crippen LogP contribution is 2.13. The highest BCUT2D eigenvalue weighted by Gasteiger charge is 2.20. The molecule has 0 unspecified atom stereocenters. The van der Waals surface area contributed by atoms with Crippen molar-refractivity contribution in [2.24, 2.45) is 0 Å². The van der Waals surface area contributed by atoms with Gasteiger partial charge in [0.15, 0.2) is 0 Å². The van der Waals surface area contributed by atoms with Crippen molar-refractivity contribution in [1.29, 1.82) is 0 Å². The maximum atomic E-state index is 10.4. The van der Waals surface area contributed by atoms with Gasteiger partial charge in [0, 0.05) is 5.56 Å². The van der Waals surface area contributed by atoms with Crippen LogP contribution in [0.4, 0.5) is 0 Å². The number of carbonyl (C=O) groups excluding carboxylic acids is 1. The molecular weight excluding hydrogens is 330 g/mol. The van der Waals surface area contributed by atoms with Crippen LogP contribution in [0, 0.1) is 0 Å². The van der Waals surface area contributed by atoms with Crippen molar-refractivity contribution in [1.82, 2.24) is 0 Å². The molecule has 5 nitrogen and oxygen atoms in total. The number of carbonyl (C=O) groups is 2. The molecular formula is C21H27NO4. The summed E-state index contributed by atoms with van der Waals surface area (Å²) in [5, 5.41) is 18.7. The van der Waals surface area contributed by atoms with Gasteiger partial charge in [0.05, 0.1) is 31.2 Å². The minimum Gasteiger partial charge on any atom is -0.545 e. The van der Waals surface area contributed by atoms with E-state index >= 15 is 0 Å². The van der Waals surface area contributed by atoms with E-state index in [4.69, 9.17) is 5.11 Å². The number of nitrogens with zero attached hydrogens (tertiary/aromatic N) is 1. The topological polar surface area (TPSA) is 77.4 Å². The molecule has 26 heavy (non-hydrogen) atoms. The normalized spacial score (nSPS) is 10.6. The lowest BCUT2D eigenvalue weighted by molar-refractivity contribution is -0.936. The molecule has 0 saturated heterocycles. The Morgan fingerprint density at radius 1 is 0.885 bits per heavy atom. The first-order valence-corrected chi connectivity index (χ1v) is 8.81. The van der Waals surface area contributed by atoms with Gasteiger partial charge in [0.25, 0.3) is 0 Å². The van der Waals surface area contributed by atoms with Gasteiger partial charge in [-0.25, -0.2) is 4.79 Å². The predicted octanol–water partition coefficient (Wildman–Crippen LogP) is 2.81. The number of rotatable bonds is 7. The van der Waals surface area contributed by atoms with E-state index in [1.807, 2.05) is 0 Å². The molecule has 1 N–H and O–H groups in total. The van der Waals surface area contributed by atoms with Gasteiger partial charge < -0.3 is 19.5 Å². The Morgan fingerprint density at radius 3 is 1.88 bits per heavy atom. The number of quaternary nitrogens is 1. The molecule has 0 aromatic heterocycles. The van der Waals surface area contributed by atoms with Gasteiger partial charge in [-0.05, 0) is 38.5 Å². The number of hydrogen-bond acceptors (Lipinski definition) is 3. The monoisotopic (exact) mass is 357 g/mol. The molecule has 2 aromatic carbocycles. The summed E-state index contributed by atoms with van der Waals surface area (Å²) in [5.41, 5.74) is 1.27. The van der Waals surface area contributed by atoms with E-state index in [9.17, 15) is 14.7 Å². The van der Waals surface area contributed by atoms with Crippen molar-refractivity contribution in [3.05, 3.63) is 71.3 Å². The van der Waals surface area contributed by atoms with Crippen LogP contribution in [-0.4, -0.2) is 41.2 Å². The Balaban J connectivity index is 0.000000263. The highest BCUT2D eigenvalue weighted by molar-refractivity contribution is 5.92. The van der Waals surface area contributed by atoms with E-state index in [1.165, 1.54) is 54.4 Å². The second-order valence-corrected chi connectivity index (χ2v) is 6.11. The van der Waals surface area contributed by atoms with Crippen LogP contribution in [0.25, 0.3) is 0 Å². The van der Waals surface area contributed by atoms with E-state index in [1.54, 1.807) is 0 Å². The second-order valence-electron chi connectivity index (χ2n) is 6.11. The van der Waals surface area contributed by atoms with Gasteiger partial charge in [-0.3, -0.25) is 0 Å². The van der Waals surface area contributed by atoms with Crippen LogP contribution in [0.2, 0.25) is 0 Å². The van der Waals surface area contributed by atoms with Crippen molar-refractivity contribution in [3.8, 4) is 0 Å². The van der Waals surface area contributed by atoms with E-state index in [0.717, 1.165) is 6.07 Å². The molecule has 0 amide bonds. The Bertz CT molecular complexity index is 671. The Labute approximate surface area is 155 Å². The van der Waals surface area contributed by atoms with E-state index in [2.05, 4.69) is 51.1 Å². The summed E-state index contributed by atoms with van der Waals surface area (Å²) in [4.78, 5) is 20.6. The van der Waals surface area contributed by atoms with Crippen LogP contribution >= 0.6 is 0 Å². The van der Waals surface area contributed by atoms with Gasteiger partial charge in [0.2, 0.25) is 0 Å². The summed E-state index contributed by atoms with van der Waals surface area (Å²) in [5.74, 6) is -2.53. The van der Waals surface area contributed by atoms with Crippen molar-refractivity contribution in [3.63, 3.8) is 0 Å². The van der Waals surface area contributed by atoms with Crippen molar-refractivity contribution < 1.29 is 24.3 Å². The molecule has 2 aromatic rings. The van der Waals surface area contributed by atoms with Gasteiger partial charge >= 0.3 is 5.97 Å². The Kier molecular flexibility index (Phi) is 8.52. The summed E-state index contributed by atoms with van der Waals surface area (Å²) in [7, 11) is 0. The lowest BCUT2D eigenvalue weighted by atomic mass is 10.1. The van der Waals surface area contributed by atoms with E-state index < -0.39 is 11.9 Å². The standard InChI is InChI=1S/C13H22N.C8H6O4/c1-4-14(5-2,6-3)12-13-10-8-7-9-11-13;9-7(10)5-2-1-3-6(4-5)8(11)12/h7-11H,4-6,12H2,1-3H3;1-4H,(H,9,10)(H,11,12)/q+1;/p-1. The molecule has 140 valence electrons. The van der Waals surface area contributed by atoms with Crippen LogP contribution in [0.15, 0.2) is 54.6 Å². The Morgan fingerprint density at radius 2 is 1.42 bits per heavy atom. The summed E-state index contributed by atoms with van der Waals surface area (Å²) < 4.78 is 1.20. The van der Waals surface area contributed by atoms with Crippen molar-refractivity contribution in [2.45, 2.75) is 27.3 Å². The van der Waals surface area contributed by atoms with Crippen LogP contribution in [0.3, 0.4) is 0 Å². The highest BCUT2D eigenvalue weighted by atomic mass is 16.4. The summed E-state index contributed by atoms with van der Waals surface area (Å²) in [6.07, 6.45) is 0. The van der Waals surface area contributed by atoms with Crippen LogP contribution in [0.1, 0.15) is 47.1 Å². The van der Waals surface area contributed by atoms with Gasteiger partial charge in [0.1, 0.15) is 6.54 Å². The number of aromatic carboxylic acids is 2. The molecule has 0 aliphatic rings. The predicted molar refractivity (Wildman–Crippen MR) is 99.8 cm³/mol. The summed E-state index contributed by atoms with van der Waals surface area (Å²) in [6, 6.07) is 15.8. The molecule has 0 aliphatic carbocycles. The fraction of sp³-hybridized carbons (Fsp3) is 0.333. The van der Waals surface area contributed by atoms with Gasteiger partial charge in [-0.1, -0.05) is 42.5 Å². The lowest BCUT2D eigenvalue weighted by Crippen LogP contribution is -2.46. The quantitative estimate of drug-likeness (QED) is 0.773. The first kappa shape index (κ1) is 21.4. The van der Waals surface area contributed by atoms with E-state index in [-0.39, 0.29) is 11.1 Å².